The van der Waals surface area contributed by atoms with Gasteiger partial charge in [0.05, 0.1) is 11.5 Å². The van der Waals surface area contributed by atoms with Gasteiger partial charge in [0.2, 0.25) is 0 Å². The van der Waals surface area contributed by atoms with Crippen molar-refractivity contribution in [3.8, 4) is 0 Å². The Hall–Kier alpha value is -0.170. The van der Waals surface area contributed by atoms with Crippen molar-refractivity contribution >= 4 is 9.84 Å². The maximum absolute atomic E-state index is 11.4. The molecule has 0 aromatic rings. The number of rotatable bonds is 5. The first kappa shape index (κ1) is 15.2. The van der Waals surface area contributed by atoms with Crippen LogP contribution in [-0.2, 0) is 9.84 Å². The highest BCUT2D eigenvalue weighted by molar-refractivity contribution is 7.91. The summed E-state index contributed by atoms with van der Waals surface area (Å²) in [6.07, 6.45) is 3.33. The maximum atomic E-state index is 11.4. The van der Waals surface area contributed by atoms with Crippen LogP contribution in [0.1, 0.15) is 19.3 Å². The molecular formula is C13H27N3O2S. The van der Waals surface area contributed by atoms with Crippen LogP contribution in [0.4, 0.5) is 0 Å². The maximum Gasteiger partial charge on any atom is 0.151 e. The van der Waals surface area contributed by atoms with Crippen LogP contribution in [0.2, 0.25) is 0 Å². The Bertz CT molecular complexity index is 385. The van der Waals surface area contributed by atoms with Gasteiger partial charge in [-0.1, -0.05) is 0 Å². The number of piperidine rings is 1. The molecule has 0 radical (unpaired) electrons. The van der Waals surface area contributed by atoms with Crippen molar-refractivity contribution in [2.45, 2.75) is 31.3 Å². The van der Waals surface area contributed by atoms with E-state index in [1.54, 1.807) is 0 Å². The van der Waals surface area contributed by atoms with Gasteiger partial charge in [-0.15, -0.1) is 0 Å². The molecule has 112 valence electrons. The molecule has 0 bridgehead atoms. The van der Waals surface area contributed by atoms with Gasteiger partial charge < -0.3 is 15.1 Å². The lowest BCUT2D eigenvalue weighted by Crippen LogP contribution is -2.47. The second kappa shape index (κ2) is 6.52. The normalized spacial score (nSPS) is 31.9. The lowest BCUT2D eigenvalue weighted by atomic mass is 10.1. The molecule has 19 heavy (non-hydrogen) atoms. The Labute approximate surface area is 117 Å². The number of nitrogens with one attached hydrogen (secondary N) is 1. The molecule has 0 spiro atoms. The van der Waals surface area contributed by atoms with E-state index in [1.807, 2.05) is 0 Å². The highest BCUT2D eigenvalue weighted by Crippen LogP contribution is 2.13. The Morgan fingerprint density at radius 3 is 2.79 bits per heavy atom. The van der Waals surface area contributed by atoms with E-state index in [1.165, 1.54) is 19.4 Å². The molecule has 0 aromatic carbocycles. The van der Waals surface area contributed by atoms with Crippen LogP contribution in [0.25, 0.3) is 0 Å². The first-order chi connectivity index (χ1) is 8.96. The number of sulfone groups is 1. The minimum absolute atomic E-state index is 0.174. The van der Waals surface area contributed by atoms with Crippen LogP contribution in [0.3, 0.4) is 0 Å². The third-order valence-electron chi connectivity index (χ3n) is 4.35. The van der Waals surface area contributed by atoms with E-state index in [0.29, 0.717) is 17.5 Å². The van der Waals surface area contributed by atoms with Crippen LogP contribution < -0.4 is 5.32 Å². The summed E-state index contributed by atoms with van der Waals surface area (Å²) in [4.78, 5) is 4.80. The molecule has 0 amide bonds. The fraction of sp³-hybridized carbons (Fsp3) is 1.00. The third kappa shape index (κ3) is 4.70. The smallest absolute Gasteiger partial charge is 0.151 e. The van der Waals surface area contributed by atoms with E-state index in [0.717, 1.165) is 26.1 Å². The van der Waals surface area contributed by atoms with E-state index >= 15 is 0 Å². The summed E-state index contributed by atoms with van der Waals surface area (Å²) < 4.78 is 22.7. The molecule has 2 unspecified atom stereocenters. The van der Waals surface area contributed by atoms with Crippen molar-refractivity contribution in [1.29, 1.82) is 0 Å². The molecule has 5 nitrogen and oxygen atoms in total. The molecule has 2 aliphatic rings. The van der Waals surface area contributed by atoms with E-state index in [2.05, 4.69) is 29.2 Å². The van der Waals surface area contributed by atoms with Gasteiger partial charge >= 0.3 is 0 Å². The number of hydrogen-bond donors (Lipinski definition) is 1. The summed E-state index contributed by atoms with van der Waals surface area (Å²) in [5.41, 5.74) is 0. The molecule has 2 heterocycles. The SMILES string of the molecule is CN1CCCC(N(C)CCNC2CCS(=O)(=O)C2)C1. The summed E-state index contributed by atoms with van der Waals surface area (Å²) >= 11 is 0. The van der Waals surface area contributed by atoms with Crippen LogP contribution in [0.5, 0.6) is 0 Å². The summed E-state index contributed by atoms with van der Waals surface area (Å²) in [7, 11) is 1.60. The van der Waals surface area contributed by atoms with Crippen LogP contribution in [-0.4, -0.2) is 82.1 Å². The Kier molecular flexibility index (Phi) is 5.22. The number of nitrogens with zero attached hydrogens (tertiary/aromatic N) is 2. The van der Waals surface area contributed by atoms with E-state index in [4.69, 9.17) is 0 Å². The molecular weight excluding hydrogens is 262 g/mol. The lowest BCUT2D eigenvalue weighted by Gasteiger charge is -2.36. The molecule has 2 fully saturated rings. The molecule has 1 N–H and O–H groups in total. The highest BCUT2D eigenvalue weighted by Gasteiger charge is 2.27. The Morgan fingerprint density at radius 1 is 1.37 bits per heavy atom. The zero-order valence-electron chi connectivity index (χ0n) is 12.1. The standard InChI is InChI=1S/C13H27N3O2S/c1-15-7-3-4-13(10-15)16(2)8-6-14-12-5-9-19(17,18)11-12/h12-14H,3-11H2,1-2H3. The van der Waals surface area contributed by atoms with Crippen molar-refractivity contribution in [1.82, 2.24) is 15.1 Å². The molecule has 0 saturated carbocycles. The van der Waals surface area contributed by atoms with Gasteiger partial charge in [-0.3, -0.25) is 0 Å². The van der Waals surface area contributed by atoms with Crippen LogP contribution in [0, 0.1) is 0 Å². The Morgan fingerprint density at radius 2 is 2.16 bits per heavy atom. The largest absolute Gasteiger partial charge is 0.312 e. The van der Waals surface area contributed by atoms with Gasteiger partial charge in [0, 0.05) is 31.7 Å². The predicted molar refractivity (Wildman–Crippen MR) is 78.2 cm³/mol. The van der Waals surface area contributed by atoms with Gasteiger partial charge in [-0.25, -0.2) is 8.42 Å². The number of likely N-dealkylation sites (N-methyl/N-ethyl adjacent to an activating group) is 2. The lowest BCUT2D eigenvalue weighted by molar-refractivity contribution is 0.134. The van der Waals surface area contributed by atoms with E-state index in [-0.39, 0.29) is 6.04 Å². The van der Waals surface area contributed by atoms with Gasteiger partial charge in [0.25, 0.3) is 0 Å². The topological polar surface area (TPSA) is 52.6 Å². The first-order valence-electron chi connectivity index (χ1n) is 7.29. The van der Waals surface area contributed by atoms with Crippen LogP contribution >= 0.6 is 0 Å². The zero-order chi connectivity index (χ0) is 13.9. The average molecular weight is 289 g/mol. The third-order valence-corrected chi connectivity index (χ3v) is 6.12. The molecule has 6 heteroatoms. The van der Waals surface area contributed by atoms with Crippen LogP contribution in [0.15, 0.2) is 0 Å². The van der Waals surface area contributed by atoms with Gasteiger partial charge in [-0.05, 0) is 39.9 Å². The number of likely N-dealkylation sites (tertiary alicyclic amines) is 1. The molecule has 2 atom stereocenters. The minimum Gasteiger partial charge on any atom is -0.312 e. The van der Waals surface area contributed by atoms with E-state index in [9.17, 15) is 8.42 Å². The second-order valence-electron chi connectivity index (χ2n) is 6.09. The van der Waals surface area contributed by atoms with Gasteiger partial charge in [0.1, 0.15) is 0 Å². The van der Waals surface area contributed by atoms with Gasteiger partial charge in [-0.2, -0.15) is 0 Å². The fourth-order valence-corrected chi connectivity index (χ4v) is 4.79. The quantitative estimate of drug-likeness (QED) is 0.759. The molecule has 0 aromatic heterocycles. The highest BCUT2D eigenvalue weighted by atomic mass is 32.2. The summed E-state index contributed by atoms with van der Waals surface area (Å²) in [6, 6.07) is 0.820. The molecule has 2 aliphatic heterocycles. The molecule has 2 rings (SSSR count). The zero-order valence-corrected chi connectivity index (χ0v) is 13.0. The summed E-state index contributed by atoms with van der Waals surface area (Å²) in [5, 5.41) is 3.38. The van der Waals surface area contributed by atoms with Crippen molar-refractivity contribution in [2.24, 2.45) is 0 Å². The predicted octanol–water partition coefficient (Wildman–Crippen LogP) is -0.211. The molecule has 2 saturated heterocycles. The Balaban J connectivity index is 1.65. The monoisotopic (exact) mass is 289 g/mol. The average Bonchev–Trinajstić information content (AvgIpc) is 2.69. The van der Waals surface area contributed by atoms with Crippen molar-refractivity contribution < 1.29 is 8.42 Å². The van der Waals surface area contributed by atoms with Gasteiger partial charge in [0.15, 0.2) is 9.84 Å². The summed E-state index contributed by atoms with van der Waals surface area (Å²) in [6.45, 7) is 4.24. The van der Waals surface area contributed by atoms with Crippen molar-refractivity contribution in [3.63, 3.8) is 0 Å². The molecule has 0 aliphatic carbocycles. The second-order valence-corrected chi connectivity index (χ2v) is 8.32. The van der Waals surface area contributed by atoms with E-state index < -0.39 is 9.84 Å². The first-order valence-corrected chi connectivity index (χ1v) is 9.11. The summed E-state index contributed by atoms with van der Waals surface area (Å²) in [5.74, 6) is 0.677. The number of hydrogen-bond acceptors (Lipinski definition) is 5. The van der Waals surface area contributed by atoms with Crippen molar-refractivity contribution in [2.75, 3.05) is 51.8 Å². The fourth-order valence-electron chi connectivity index (χ4n) is 3.08. The minimum atomic E-state index is -2.76. The van der Waals surface area contributed by atoms with Crippen molar-refractivity contribution in [3.05, 3.63) is 0 Å².